The highest BCUT2D eigenvalue weighted by Gasteiger charge is 2.39. The molecule has 1 aliphatic carbocycles. The number of rotatable bonds is 4. The second kappa shape index (κ2) is 5.94. The van der Waals surface area contributed by atoms with Gasteiger partial charge in [-0.15, -0.1) is 0 Å². The summed E-state index contributed by atoms with van der Waals surface area (Å²) in [6.45, 7) is 0. The van der Waals surface area contributed by atoms with E-state index < -0.39 is 33.1 Å². The molecular weight excluding hydrogens is 316 g/mol. The third-order valence-electron chi connectivity index (χ3n) is 3.88. The van der Waals surface area contributed by atoms with Crippen molar-refractivity contribution >= 4 is 27.4 Å². The Labute approximate surface area is 128 Å². The standard InChI is InChI=1S/C14H17ClO5S/c15-11-2-1-3-12(8-11)21(19,20)9-14(18)6-4-10(5-7-14)13(16)17/h1-3,8,10,18H,4-7,9H2,(H,16,17). The first-order valence-corrected chi connectivity index (χ1v) is 8.68. The maximum atomic E-state index is 12.3. The van der Waals surface area contributed by atoms with Gasteiger partial charge in [0.25, 0.3) is 0 Å². The summed E-state index contributed by atoms with van der Waals surface area (Å²) in [5, 5.41) is 19.7. The molecule has 0 amide bonds. The van der Waals surface area contributed by atoms with Crippen LogP contribution in [-0.4, -0.2) is 36.0 Å². The number of sulfone groups is 1. The quantitative estimate of drug-likeness (QED) is 0.881. The van der Waals surface area contributed by atoms with Gasteiger partial charge in [0, 0.05) is 5.02 Å². The summed E-state index contributed by atoms with van der Waals surface area (Å²) >= 11 is 5.79. The summed E-state index contributed by atoms with van der Waals surface area (Å²) in [7, 11) is -3.66. The van der Waals surface area contributed by atoms with Gasteiger partial charge in [-0.05, 0) is 43.9 Å². The predicted molar refractivity (Wildman–Crippen MR) is 78.0 cm³/mol. The van der Waals surface area contributed by atoms with Gasteiger partial charge in [0.15, 0.2) is 9.84 Å². The van der Waals surface area contributed by atoms with E-state index in [0.717, 1.165) is 0 Å². The third kappa shape index (κ3) is 3.96. The fourth-order valence-corrected chi connectivity index (χ4v) is 4.65. The second-order valence-electron chi connectivity index (χ2n) is 5.55. The van der Waals surface area contributed by atoms with E-state index in [2.05, 4.69) is 0 Å². The highest BCUT2D eigenvalue weighted by molar-refractivity contribution is 7.91. The topological polar surface area (TPSA) is 91.7 Å². The van der Waals surface area contributed by atoms with Crippen molar-refractivity contribution in [1.82, 2.24) is 0 Å². The van der Waals surface area contributed by atoms with Crippen LogP contribution in [0.4, 0.5) is 0 Å². The van der Waals surface area contributed by atoms with E-state index in [0.29, 0.717) is 5.02 Å². The number of aliphatic hydroxyl groups is 1. The summed E-state index contributed by atoms with van der Waals surface area (Å²) < 4.78 is 24.7. The van der Waals surface area contributed by atoms with Crippen molar-refractivity contribution in [2.75, 3.05) is 5.75 Å². The Hall–Kier alpha value is -1.11. The van der Waals surface area contributed by atoms with E-state index >= 15 is 0 Å². The van der Waals surface area contributed by atoms with E-state index in [4.69, 9.17) is 16.7 Å². The van der Waals surface area contributed by atoms with Crippen molar-refractivity contribution < 1.29 is 23.4 Å². The first kappa shape index (κ1) is 16.3. The lowest BCUT2D eigenvalue weighted by molar-refractivity contribution is -0.144. The van der Waals surface area contributed by atoms with Crippen molar-refractivity contribution in [3.05, 3.63) is 29.3 Å². The van der Waals surface area contributed by atoms with Crippen molar-refractivity contribution in [2.24, 2.45) is 5.92 Å². The van der Waals surface area contributed by atoms with Crippen LogP contribution in [0.5, 0.6) is 0 Å². The zero-order valence-corrected chi connectivity index (χ0v) is 12.9. The SMILES string of the molecule is O=C(O)C1CCC(O)(CS(=O)(=O)c2cccc(Cl)c2)CC1. The van der Waals surface area contributed by atoms with Gasteiger partial charge in [0.2, 0.25) is 0 Å². The summed E-state index contributed by atoms with van der Waals surface area (Å²) in [6.07, 6.45) is 0.918. The van der Waals surface area contributed by atoms with Gasteiger partial charge >= 0.3 is 5.97 Å². The molecule has 0 radical (unpaired) electrons. The number of hydrogen-bond acceptors (Lipinski definition) is 4. The van der Waals surface area contributed by atoms with Gasteiger partial charge in [-0.2, -0.15) is 0 Å². The number of halogens is 1. The molecule has 5 nitrogen and oxygen atoms in total. The summed E-state index contributed by atoms with van der Waals surface area (Å²) in [5.74, 6) is -1.80. The largest absolute Gasteiger partial charge is 0.481 e. The molecule has 0 spiro atoms. The van der Waals surface area contributed by atoms with Crippen LogP contribution in [-0.2, 0) is 14.6 Å². The average Bonchev–Trinajstić information content (AvgIpc) is 2.38. The van der Waals surface area contributed by atoms with Crippen molar-refractivity contribution in [1.29, 1.82) is 0 Å². The van der Waals surface area contributed by atoms with E-state index in [1.54, 1.807) is 12.1 Å². The molecule has 0 bridgehead atoms. The number of hydrogen-bond donors (Lipinski definition) is 2. The lowest BCUT2D eigenvalue weighted by atomic mass is 9.80. The van der Waals surface area contributed by atoms with Gasteiger partial charge in [0.1, 0.15) is 0 Å². The smallest absolute Gasteiger partial charge is 0.306 e. The van der Waals surface area contributed by atoms with Crippen molar-refractivity contribution in [3.63, 3.8) is 0 Å². The number of carboxylic acid groups (broad SMARTS) is 1. The normalized spacial score (nSPS) is 26.5. The maximum Gasteiger partial charge on any atom is 0.306 e. The van der Waals surface area contributed by atoms with Crippen LogP contribution < -0.4 is 0 Å². The lowest BCUT2D eigenvalue weighted by Gasteiger charge is -2.34. The molecule has 116 valence electrons. The molecule has 2 N–H and O–H groups in total. The zero-order chi connectivity index (χ0) is 15.7. The molecule has 0 aliphatic heterocycles. The first-order valence-electron chi connectivity index (χ1n) is 6.65. The highest BCUT2D eigenvalue weighted by Crippen LogP contribution is 2.34. The van der Waals surface area contributed by atoms with E-state index in [1.807, 2.05) is 0 Å². The molecule has 0 saturated heterocycles. The van der Waals surface area contributed by atoms with Crippen LogP contribution in [0.25, 0.3) is 0 Å². The number of aliphatic carboxylic acids is 1. The van der Waals surface area contributed by atoms with E-state index in [-0.39, 0.29) is 30.6 Å². The molecule has 21 heavy (non-hydrogen) atoms. The van der Waals surface area contributed by atoms with Crippen LogP contribution in [0.1, 0.15) is 25.7 Å². The minimum absolute atomic E-state index is 0.0729. The third-order valence-corrected chi connectivity index (χ3v) is 6.00. The summed E-state index contributed by atoms with van der Waals surface area (Å²) in [4.78, 5) is 11.0. The Morgan fingerprint density at radius 1 is 1.33 bits per heavy atom. The van der Waals surface area contributed by atoms with Crippen LogP contribution in [0.2, 0.25) is 5.02 Å². The Morgan fingerprint density at radius 3 is 2.48 bits per heavy atom. The maximum absolute atomic E-state index is 12.3. The van der Waals surface area contributed by atoms with Gasteiger partial charge < -0.3 is 10.2 Å². The monoisotopic (exact) mass is 332 g/mol. The predicted octanol–water partition coefficient (Wildman–Crippen LogP) is 2.12. The summed E-state index contributed by atoms with van der Waals surface area (Å²) in [5.41, 5.74) is -1.37. The minimum Gasteiger partial charge on any atom is -0.481 e. The lowest BCUT2D eigenvalue weighted by Crippen LogP contribution is -2.42. The molecule has 0 atom stereocenters. The van der Waals surface area contributed by atoms with Gasteiger partial charge in [-0.3, -0.25) is 4.79 Å². The fraction of sp³-hybridized carbons (Fsp3) is 0.500. The molecule has 2 rings (SSSR count). The van der Waals surface area contributed by atoms with Crippen LogP contribution in [0.3, 0.4) is 0 Å². The second-order valence-corrected chi connectivity index (χ2v) is 7.98. The number of carbonyl (C=O) groups is 1. The molecule has 1 aromatic carbocycles. The summed E-state index contributed by atoms with van der Waals surface area (Å²) in [6, 6.07) is 5.91. The van der Waals surface area contributed by atoms with Crippen LogP contribution in [0.15, 0.2) is 29.2 Å². The zero-order valence-electron chi connectivity index (χ0n) is 11.3. The molecule has 0 heterocycles. The molecule has 0 unspecified atom stereocenters. The number of benzene rings is 1. The Bertz CT molecular complexity index is 633. The Morgan fingerprint density at radius 2 is 1.95 bits per heavy atom. The molecule has 1 fully saturated rings. The van der Waals surface area contributed by atoms with E-state index in [9.17, 15) is 18.3 Å². The fourth-order valence-electron chi connectivity index (χ4n) is 2.64. The molecular formula is C14H17ClO5S. The number of carboxylic acids is 1. The highest BCUT2D eigenvalue weighted by atomic mass is 35.5. The van der Waals surface area contributed by atoms with E-state index in [1.165, 1.54) is 12.1 Å². The van der Waals surface area contributed by atoms with Crippen molar-refractivity contribution in [3.8, 4) is 0 Å². The Kier molecular flexibility index (Phi) is 4.60. The Balaban J connectivity index is 2.12. The molecule has 1 saturated carbocycles. The molecule has 1 aromatic rings. The van der Waals surface area contributed by atoms with Gasteiger partial charge in [-0.1, -0.05) is 17.7 Å². The molecule has 0 aromatic heterocycles. The van der Waals surface area contributed by atoms with Crippen LogP contribution >= 0.6 is 11.6 Å². The molecule has 7 heteroatoms. The molecule has 1 aliphatic rings. The minimum atomic E-state index is -3.66. The van der Waals surface area contributed by atoms with Gasteiger partial charge in [-0.25, -0.2) is 8.42 Å². The van der Waals surface area contributed by atoms with Crippen molar-refractivity contribution in [2.45, 2.75) is 36.2 Å². The van der Waals surface area contributed by atoms with Gasteiger partial charge in [0.05, 0.1) is 22.2 Å². The first-order chi connectivity index (χ1) is 9.72. The average molecular weight is 333 g/mol. The van der Waals surface area contributed by atoms with Crippen LogP contribution in [0, 0.1) is 5.92 Å².